The number of carbonyl (C=O) groups is 2. The van der Waals surface area contributed by atoms with E-state index in [0.717, 1.165) is 0 Å². The number of ether oxygens (including phenoxy) is 1. The number of hydrogen-bond acceptors (Lipinski definition) is 3. The maximum absolute atomic E-state index is 11.5. The first-order valence-corrected chi connectivity index (χ1v) is 4.70. The summed E-state index contributed by atoms with van der Waals surface area (Å²) < 4.78 is 4.84. The molecule has 4 nitrogen and oxygen atoms in total. The SMILES string of the molecule is CC=CC(=O)N1C(=O)OCC1C(C)C. The van der Waals surface area contributed by atoms with Crippen molar-refractivity contribution in [2.45, 2.75) is 26.8 Å². The number of allylic oxidation sites excluding steroid dienone is 1. The fraction of sp³-hybridized carbons (Fsp3) is 0.600. The highest BCUT2D eigenvalue weighted by Gasteiger charge is 2.38. The highest BCUT2D eigenvalue weighted by Crippen LogP contribution is 2.19. The summed E-state index contributed by atoms with van der Waals surface area (Å²) in [7, 11) is 0. The van der Waals surface area contributed by atoms with E-state index in [-0.39, 0.29) is 17.9 Å². The van der Waals surface area contributed by atoms with E-state index in [4.69, 9.17) is 4.74 Å². The van der Waals surface area contributed by atoms with Crippen LogP contribution in [-0.4, -0.2) is 29.5 Å². The smallest absolute Gasteiger partial charge is 0.417 e. The number of amides is 2. The molecule has 0 aromatic carbocycles. The average molecular weight is 197 g/mol. The van der Waals surface area contributed by atoms with Crippen molar-refractivity contribution in [1.82, 2.24) is 4.90 Å². The molecule has 1 rings (SSSR count). The largest absolute Gasteiger partial charge is 0.447 e. The molecule has 1 heterocycles. The van der Waals surface area contributed by atoms with Gasteiger partial charge in [-0.2, -0.15) is 0 Å². The molecular formula is C10H15NO3. The van der Waals surface area contributed by atoms with Gasteiger partial charge in [0.25, 0.3) is 5.91 Å². The molecule has 2 amide bonds. The van der Waals surface area contributed by atoms with Crippen molar-refractivity contribution < 1.29 is 14.3 Å². The molecule has 0 bridgehead atoms. The molecule has 4 heteroatoms. The third-order valence-electron chi connectivity index (χ3n) is 2.22. The van der Waals surface area contributed by atoms with Crippen LogP contribution in [0.4, 0.5) is 4.79 Å². The van der Waals surface area contributed by atoms with Crippen LogP contribution < -0.4 is 0 Å². The zero-order chi connectivity index (χ0) is 10.7. The molecule has 1 atom stereocenters. The third kappa shape index (κ3) is 1.95. The van der Waals surface area contributed by atoms with E-state index < -0.39 is 6.09 Å². The van der Waals surface area contributed by atoms with Crippen LogP contribution in [0.2, 0.25) is 0 Å². The fourth-order valence-corrected chi connectivity index (χ4v) is 1.40. The van der Waals surface area contributed by atoms with Crippen molar-refractivity contribution in [3.05, 3.63) is 12.2 Å². The summed E-state index contributed by atoms with van der Waals surface area (Å²) in [5, 5.41) is 0. The summed E-state index contributed by atoms with van der Waals surface area (Å²) in [5.41, 5.74) is 0. The topological polar surface area (TPSA) is 46.6 Å². The maximum atomic E-state index is 11.5. The van der Waals surface area contributed by atoms with Gasteiger partial charge < -0.3 is 4.74 Å². The molecule has 0 spiro atoms. The quantitative estimate of drug-likeness (QED) is 0.631. The fourth-order valence-electron chi connectivity index (χ4n) is 1.40. The van der Waals surface area contributed by atoms with E-state index >= 15 is 0 Å². The average Bonchev–Trinajstić information content (AvgIpc) is 2.47. The van der Waals surface area contributed by atoms with Crippen LogP contribution in [0.25, 0.3) is 0 Å². The predicted molar refractivity (Wildman–Crippen MR) is 51.6 cm³/mol. The Morgan fingerprint density at radius 3 is 2.79 bits per heavy atom. The third-order valence-corrected chi connectivity index (χ3v) is 2.22. The summed E-state index contributed by atoms with van der Waals surface area (Å²) in [5.74, 6) is -0.0793. The molecular weight excluding hydrogens is 182 g/mol. The molecule has 0 N–H and O–H groups in total. The van der Waals surface area contributed by atoms with Crippen LogP contribution in [0.15, 0.2) is 12.2 Å². The van der Waals surface area contributed by atoms with Crippen molar-refractivity contribution in [2.24, 2.45) is 5.92 Å². The standard InChI is InChI=1S/C10H15NO3/c1-4-5-9(12)11-8(7(2)3)6-14-10(11)13/h4-5,7-8H,6H2,1-3H3. The number of rotatable bonds is 2. The van der Waals surface area contributed by atoms with Crippen LogP contribution in [0, 0.1) is 5.92 Å². The normalized spacial score (nSPS) is 22.1. The molecule has 1 aliphatic heterocycles. The highest BCUT2D eigenvalue weighted by molar-refractivity contribution is 5.99. The van der Waals surface area contributed by atoms with Gasteiger partial charge in [-0.1, -0.05) is 19.9 Å². The predicted octanol–water partition coefficient (Wildman–Crippen LogP) is 1.57. The zero-order valence-electron chi connectivity index (χ0n) is 8.69. The van der Waals surface area contributed by atoms with E-state index in [1.54, 1.807) is 13.0 Å². The Labute approximate surface area is 83.5 Å². The van der Waals surface area contributed by atoms with Gasteiger partial charge in [-0.15, -0.1) is 0 Å². The van der Waals surface area contributed by atoms with Crippen molar-refractivity contribution >= 4 is 12.0 Å². The first-order chi connectivity index (χ1) is 6.57. The van der Waals surface area contributed by atoms with Gasteiger partial charge >= 0.3 is 6.09 Å². The lowest BCUT2D eigenvalue weighted by molar-refractivity contribution is -0.124. The summed E-state index contributed by atoms with van der Waals surface area (Å²) in [4.78, 5) is 23.9. The Balaban J connectivity index is 2.81. The molecule has 14 heavy (non-hydrogen) atoms. The van der Waals surface area contributed by atoms with Crippen molar-refractivity contribution in [1.29, 1.82) is 0 Å². The first kappa shape index (κ1) is 10.8. The minimum atomic E-state index is -0.535. The molecule has 78 valence electrons. The van der Waals surface area contributed by atoms with Crippen molar-refractivity contribution in [3.8, 4) is 0 Å². The summed E-state index contributed by atoms with van der Waals surface area (Å²) in [6.45, 7) is 5.97. The van der Waals surface area contributed by atoms with Gasteiger partial charge in [-0.3, -0.25) is 4.79 Å². The van der Waals surface area contributed by atoms with E-state index in [1.807, 2.05) is 13.8 Å². The highest BCUT2D eigenvalue weighted by atomic mass is 16.6. The van der Waals surface area contributed by atoms with Gasteiger partial charge in [0.05, 0.1) is 6.04 Å². The molecule has 0 saturated carbocycles. The van der Waals surface area contributed by atoms with Crippen molar-refractivity contribution in [2.75, 3.05) is 6.61 Å². The molecule has 1 fully saturated rings. The number of imide groups is 1. The van der Waals surface area contributed by atoms with Gasteiger partial charge in [0.2, 0.25) is 0 Å². The summed E-state index contributed by atoms with van der Waals surface area (Å²) >= 11 is 0. The van der Waals surface area contributed by atoms with Gasteiger partial charge in [0.15, 0.2) is 0 Å². The number of hydrogen-bond donors (Lipinski definition) is 0. The lowest BCUT2D eigenvalue weighted by Gasteiger charge is -2.20. The molecule has 0 aromatic heterocycles. The Hall–Kier alpha value is -1.32. The molecule has 0 radical (unpaired) electrons. The van der Waals surface area contributed by atoms with Crippen molar-refractivity contribution in [3.63, 3.8) is 0 Å². The molecule has 1 aliphatic rings. The maximum Gasteiger partial charge on any atom is 0.417 e. The van der Waals surface area contributed by atoms with Crippen LogP contribution in [0.3, 0.4) is 0 Å². The second kappa shape index (κ2) is 4.26. The zero-order valence-corrected chi connectivity index (χ0v) is 8.69. The Morgan fingerprint density at radius 1 is 1.64 bits per heavy atom. The van der Waals surface area contributed by atoms with E-state index in [1.165, 1.54) is 11.0 Å². The number of carbonyl (C=O) groups excluding carboxylic acids is 2. The molecule has 0 aromatic rings. The molecule has 1 unspecified atom stereocenters. The van der Waals surface area contributed by atoms with Gasteiger partial charge in [-0.25, -0.2) is 9.69 Å². The van der Waals surface area contributed by atoms with Gasteiger partial charge in [0, 0.05) is 0 Å². The Kier molecular flexibility index (Phi) is 3.28. The minimum absolute atomic E-state index is 0.133. The Morgan fingerprint density at radius 2 is 2.29 bits per heavy atom. The minimum Gasteiger partial charge on any atom is -0.447 e. The van der Waals surface area contributed by atoms with E-state index in [2.05, 4.69) is 0 Å². The van der Waals surface area contributed by atoms with Crippen LogP contribution in [0.5, 0.6) is 0 Å². The van der Waals surface area contributed by atoms with E-state index in [9.17, 15) is 9.59 Å². The first-order valence-electron chi connectivity index (χ1n) is 4.70. The number of cyclic esters (lactones) is 1. The lowest BCUT2D eigenvalue weighted by atomic mass is 10.0. The second-order valence-corrected chi connectivity index (χ2v) is 3.60. The molecule has 1 saturated heterocycles. The second-order valence-electron chi connectivity index (χ2n) is 3.60. The lowest BCUT2D eigenvalue weighted by Crippen LogP contribution is -2.40. The van der Waals surface area contributed by atoms with Gasteiger partial charge in [0.1, 0.15) is 6.61 Å². The summed E-state index contributed by atoms with van der Waals surface area (Å²) in [6.07, 6.45) is 2.46. The van der Waals surface area contributed by atoms with Gasteiger partial charge in [-0.05, 0) is 18.9 Å². The Bertz CT molecular complexity index is 271. The monoisotopic (exact) mass is 197 g/mol. The van der Waals surface area contributed by atoms with E-state index in [0.29, 0.717) is 6.61 Å². The summed E-state index contributed by atoms with van der Waals surface area (Å²) in [6, 6.07) is -0.133. The van der Waals surface area contributed by atoms with Crippen LogP contribution in [0.1, 0.15) is 20.8 Å². The van der Waals surface area contributed by atoms with Crippen LogP contribution >= 0.6 is 0 Å². The van der Waals surface area contributed by atoms with Crippen LogP contribution in [-0.2, 0) is 9.53 Å². The number of nitrogens with zero attached hydrogens (tertiary/aromatic N) is 1. The molecule has 0 aliphatic carbocycles.